The lowest BCUT2D eigenvalue weighted by atomic mass is 10.2. The van der Waals surface area contributed by atoms with Gasteiger partial charge >= 0.3 is 0 Å². The Morgan fingerprint density at radius 1 is 1.15 bits per heavy atom. The summed E-state index contributed by atoms with van der Waals surface area (Å²) in [5.41, 5.74) is 5.13. The van der Waals surface area contributed by atoms with Gasteiger partial charge in [-0.05, 0) is 48.0 Å². The summed E-state index contributed by atoms with van der Waals surface area (Å²) >= 11 is 3.69. The Kier molecular flexibility index (Phi) is 5.69. The minimum Gasteiger partial charge on any atom is -0.389 e. The number of likely N-dealkylation sites (tertiary alicyclic amines) is 1. The van der Waals surface area contributed by atoms with Crippen LogP contribution in [0.15, 0.2) is 41.1 Å². The molecule has 0 radical (unpaired) electrons. The number of aryl methyl sites for hydroxylation is 2. The highest BCUT2D eigenvalue weighted by atomic mass is 79.9. The summed E-state index contributed by atoms with van der Waals surface area (Å²) in [5.74, 6) is 1.14. The molecule has 0 bridgehead atoms. The Hall–Kier alpha value is -2.79. The van der Waals surface area contributed by atoms with Gasteiger partial charge in [-0.15, -0.1) is 0 Å². The van der Waals surface area contributed by atoms with Gasteiger partial charge in [0, 0.05) is 77.5 Å². The van der Waals surface area contributed by atoms with Crippen molar-refractivity contribution in [3.05, 3.63) is 58.1 Å². The van der Waals surface area contributed by atoms with Crippen LogP contribution in [0.4, 0.5) is 11.6 Å². The van der Waals surface area contributed by atoms with E-state index in [2.05, 4.69) is 67.0 Å². The van der Waals surface area contributed by atoms with Crippen LogP contribution >= 0.6 is 15.9 Å². The van der Waals surface area contributed by atoms with Crippen LogP contribution in [0.3, 0.4) is 0 Å². The normalized spacial score (nSPS) is 19.0. The fourth-order valence-electron chi connectivity index (χ4n) is 4.26. The van der Waals surface area contributed by atoms with Crippen molar-refractivity contribution in [1.29, 1.82) is 0 Å². The van der Waals surface area contributed by atoms with Crippen LogP contribution in [0.25, 0.3) is 16.7 Å². The van der Waals surface area contributed by atoms with Gasteiger partial charge in [0.1, 0.15) is 0 Å². The lowest BCUT2D eigenvalue weighted by molar-refractivity contribution is 0.0572. The van der Waals surface area contributed by atoms with Crippen molar-refractivity contribution in [2.45, 2.75) is 32.6 Å². The van der Waals surface area contributed by atoms with Gasteiger partial charge in [0.25, 0.3) is 0 Å². The van der Waals surface area contributed by atoms with Gasteiger partial charge < -0.3 is 20.1 Å². The second kappa shape index (κ2) is 8.53. The first kappa shape index (κ1) is 22.0. The average molecular weight is 512 g/mol. The van der Waals surface area contributed by atoms with Gasteiger partial charge in [-0.2, -0.15) is 10.1 Å². The maximum atomic E-state index is 9.80. The Bertz CT molecular complexity index is 1320. The molecule has 2 atom stereocenters. The predicted octanol–water partition coefficient (Wildman–Crippen LogP) is 2.81. The van der Waals surface area contributed by atoms with Crippen molar-refractivity contribution in [2.75, 3.05) is 18.4 Å². The van der Waals surface area contributed by atoms with Crippen LogP contribution in [0.5, 0.6) is 0 Å². The first-order valence-electron chi connectivity index (χ1n) is 10.8. The number of nitrogens with one attached hydrogen (secondary N) is 1. The summed E-state index contributed by atoms with van der Waals surface area (Å²) in [6.07, 6.45) is 2.25. The number of nitrogens with zero attached hydrogens (tertiary/aromatic N) is 6. The van der Waals surface area contributed by atoms with Crippen molar-refractivity contribution in [2.24, 2.45) is 7.05 Å². The Labute approximate surface area is 199 Å². The maximum Gasteiger partial charge on any atom is 0.229 e. The summed E-state index contributed by atoms with van der Waals surface area (Å²) in [6, 6.07) is 7.98. The molecular weight excluding hydrogens is 486 g/mol. The number of anilines is 2. The number of benzene rings is 1. The molecule has 5 rings (SSSR count). The van der Waals surface area contributed by atoms with Crippen LogP contribution in [-0.2, 0) is 13.6 Å². The van der Waals surface area contributed by atoms with Crippen molar-refractivity contribution < 1.29 is 10.2 Å². The zero-order valence-corrected chi connectivity index (χ0v) is 20.3. The Morgan fingerprint density at radius 3 is 2.67 bits per heavy atom. The number of hydrogen-bond acceptors (Lipinski definition) is 7. The zero-order chi connectivity index (χ0) is 23.3. The lowest BCUT2D eigenvalue weighted by Crippen LogP contribution is -2.22. The van der Waals surface area contributed by atoms with E-state index < -0.39 is 12.2 Å². The number of aromatic nitrogens is 5. The highest BCUT2D eigenvalue weighted by molar-refractivity contribution is 9.10. The highest BCUT2D eigenvalue weighted by Gasteiger charge is 2.29. The van der Waals surface area contributed by atoms with E-state index in [0.717, 1.165) is 32.3 Å². The molecule has 9 nitrogen and oxygen atoms in total. The molecule has 0 amide bonds. The first-order valence-corrected chi connectivity index (χ1v) is 11.6. The van der Waals surface area contributed by atoms with Crippen molar-refractivity contribution in [1.82, 2.24) is 29.2 Å². The molecule has 2 unspecified atom stereocenters. The molecule has 3 N–H and O–H groups in total. The first-order chi connectivity index (χ1) is 15.8. The van der Waals surface area contributed by atoms with Crippen LogP contribution in [0.1, 0.15) is 17.0 Å². The number of β-amino-alcohol motifs (C(OH)–C–C–N with tert-alkyl or cyclic N) is 2. The topological polar surface area (TPSA) is 104 Å². The molecule has 0 spiro atoms. The SMILES string of the molecule is Cc1nn(-c2ccnc(Nc3ccc4c(c3)c(Br)c(C)n4C)n2)cc1CN1CC(O)C(O)C1. The fraction of sp³-hybridized carbons (Fsp3) is 0.348. The quantitative estimate of drug-likeness (QED) is 0.378. The second-order valence-corrected chi connectivity index (χ2v) is 9.36. The number of halogens is 1. The minimum absolute atomic E-state index is 0.453. The van der Waals surface area contributed by atoms with Gasteiger partial charge in [-0.25, -0.2) is 9.67 Å². The molecule has 1 aromatic carbocycles. The third kappa shape index (κ3) is 4.15. The molecule has 3 aromatic heterocycles. The maximum absolute atomic E-state index is 9.80. The zero-order valence-electron chi connectivity index (χ0n) is 18.7. The molecule has 4 aromatic rings. The second-order valence-electron chi connectivity index (χ2n) is 8.57. The van der Waals surface area contributed by atoms with Crippen LogP contribution < -0.4 is 5.32 Å². The predicted molar refractivity (Wildman–Crippen MR) is 130 cm³/mol. The van der Waals surface area contributed by atoms with Crippen molar-refractivity contribution in [3.63, 3.8) is 0 Å². The largest absolute Gasteiger partial charge is 0.389 e. The highest BCUT2D eigenvalue weighted by Crippen LogP contribution is 2.32. The number of aliphatic hydroxyl groups is 2. The van der Waals surface area contributed by atoms with E-state index in [0.29, 0.717) is 31.4 Å². The van der Waals surface area contributed by atoms with E-state index in [-0.39, 0.29) is 0 Å². The Morgan fingerprint density at radius 2 is 1.91 bits per heavy atom. The molecule has 0 aliphatic carbocycles. The monoisotopic (exact) mass is 511 g/mol. The summed E-state index contributed by atoms with van der Waals surface area (Å²) in [6.45, 7) is 5.55. The third-order valence-corrected chi connectivity index (χ3v) is 7.28. The average Bonchev–Trinajstić information content (AvgIpc) is 3.39. The van der Waals surface area contributed by atoms with E-state index in [1.165, 1.54) is 5.69 Å². The lowest BCUT2D eigenvalue weighted by Gasteiger charge is -2.13. The van der Waals surface area contributed by atoms with Gasteiger partial charge in [-0.1, -0.05) is 0 Å². The van der Waals surface area contributed by atoms with Gasteiger partial charge in [-0.3, -0.25) is 4.90 Å². The summed E-state index contributed by atoms with van der Waals surface area (Å²) in [5, 5.41) is 28.6. The van der Waals surface area contributed by atoms with E-state index >= 15 is 0 Å². The van der Waals surface area contributed by atoms with Crippen LogP contribution in [-0.4, -0.2) is 64.7 Å². The van der Waals surface area contributed by atoms with E-state index in [1.807, 2.05) is 30.2 Å². The fourth-order valence-corrected chi connectivity index (χ4v) is 4.84. The van der Waals surface area contributed by atoms with Gasteiger partial charge in [0.05, 0.1) is 17.9 Å². The molecule has 33 heavy (non-hydrogen) atoms. The molecule has 1 saturated heterocycles. The van der Waals surface area contributed by atoms with E-state index in [1.54, 1.807) is 10.9 Å². The van der Waals surface area contributed by atoms with Gasteiger partial charge in [0.15, 0.2) is 5.82 Å². The summed E-state index contributed by atoms with van der Waals surface area (Å²) in [7, 11) is 2.05. The molecule has 4 heterocycles. The molecule has 1 aliphatic rings. The standard InChI is InChI=1S/C23H26BrN7O2/c1-13-15(9-30-11-19(32)20(33)12-30)10-31(28-13)21-6-7-25-23(27-21)26-16-4-5-18-17(8-16)22(24)14(2)29(18)3/h4-8,10,19-20,32-33H,9,11-12H2,1-3H3,(H,25,26,27). The molecular formula is C23H26BrN7O2. The van der Waals surface area contributed by atoms with Crippen molar-refractivity contribution >= 4 is 38.5 Å². The molecule has 0 saturated carbocycles. The smallest absolute Gasteiger partial charge is 0.229 e. The van der Waals surface area contributed by atoms with E-state index in [4.69, 9.17) is 0 Å². The van der Waals surface area contributed by atoms with Crippen LogP contribution in [0.2, 0.25) is 0 Å². The summed E-state index contributed by atoms with van der Waals surface area (Å²) in [4.78, 5) is 11.0. The molecule has 10 heteroatoms. The van der Waals surface area contributed by atoms with E-state index in [9.17, 15) is 10.2 Å². The summed E-state index contributed by atoms with van der Waals surface area (Å²) < 4.78 is 4.97. The molecule has 172 valence electrons. The number of hydrogen-bond donors (Lipinski definition) is 3. The molecule has 1 fully saturated rings. The Balaban J connectivity index is 1.37. The molecule has 1 aliphatic heterocycles. The number of aliphatic hydroxyl groups excluding tert-OH is 2. The number of rotatable bonds is 5. The third-order valence-electron chi connectivity index (χ3n) is 6.28. The number of fused-ring (bicyclic) bond motifs is 1. The van der Waals surface area contributed by atoms with Gasteiger partial charge in [0.2, 0.25) is 5.95 Å². The van der Waals surface area contributed by atoms with Crippen LogP contribution in [0, 0.1) is 13.8 Å². The minimum atomic E-state index is -0.699. The van der Waals surface area contributed by atoms with Crippen molar-refractivity contribution in [3.8, 4) is 5.82 Å².